The minimum atomic E-state index is -0.469. The van der Waals surface area contributed by atoms with Crippen molar-refractivity contribution in [2.75, 3.05) is 19.7 Å². The Morgan fingerprint density at radius 3 is 2.63 bits per heavy atom. The van der Waals surface area contributed by atoms with Gasteiger partial charge in [-0.25, -0.2) is 4.79 Å². The first-order chi connectivity index (χ1) is 12.9. The second-order valence-electron chi connectivity index (χ2n) is 7.54. The molecule has 1 amide bonds. The number of hydrogen-bond donors (Lipinski definition) is 0. The molecule has 2 aromatic rings. The van der Waals surface area contributed by atoms with Gasteiger partial charge in [0.2, 0.25) is 11.7 Å². The summed E-state index contributed by atoms with van der Waals surface area (Å²) < 4.78 is 16.6. The first kappa shape index (κ1) is 19.3. The van der Waals surface area contributed by atoms with Crippen molar-refractivity contribution in [3.8, 4) is 11.4 Å². The summed E-state index contributed by atoms with van der Waals surface area (Å²) in [5, 5.41) is 3.98. The Morgan fingerprint density at radius 2 is 1.96 bits per heavy atom. The highest BCUT2D eigenvalue weighted by Crippen LogP contribution is 2.18. The number of aromatic nitrogens is 3. The molecule has 0 spiro atoms. The van der Waals surface area contributed by atoms with E-state index in [0.29, 0.717) is 37.8 Å². The van der Waals surface area contributed by atoms with E-state index in [9.17, 15) is 4.79 Å². The molecule has 0 atom stereocenters. The van der Waals surface area contributed by atoms with Gasteiger partial charge in [-0.3, -0.25) is 4.98 Å². The van der Waals surface area contributed by atoms with Gasteiger partial charge in [0.05, 0.1) is 19.1 Å². The van der Waals surface area contributed by atoms with E-state index in [-0.39, 0.29) is 12.2 Å². The maximum absolute atomic E-state index is 12.1. The van der Waals surface area contributed by atoms with Crippen LogP contribution < -0.4 is 0 Å². The number of nitrogens with zero attached hydrogens (tertiary/aromatic N) is 4. The average Bonchev–Trinajstić information content (AvgIpc) is 3.10. The van der Waals surface area contributed by atoms with Crippen molar-refractivity contribution in [3.63, 3.8) is 0 Å². The molecule has 27 heavy (non-hydrogen) atoms. The Hall–Kier alpha value is -2.48. The minimum Gasteiger partial charge on any atom is -0.444 e. The summed E-state index contributed by atoms with van der Waals surface area (Å²) in [5.74, 6) is 1.10. The average molecular weight is 374 g/mol. The fourth-order valence-electron chi connectivity index (χ4n) is 2.82. The number of carbonyl (C=O) groups is 1. The first-order valence-corrected chi connectivity index (χ1v) is 9.23. The quantitative estimate of drug-likeness (QED) is 0.794. The van der Waals surface area contributed by atoms with E-state index in [0.717, 1.165) is 18.4 Å². The molecule has 0 aliphatic carbocycles. The van der Waals surface area contributed by atoms with Crippen molar-refractivity contribution in [2.24, 2.45) is 0 Å². The molecule has 1 aliphatic rings. The molecule has 1 saturated heterocycles. The lowest BCUT2D eigenvalue weighted by Crippen LogP contribution is -2.43. The zero-order valence-electron chi connectivity index (χ0n) is 16.1. The zero-order chi connectivity index (χ0) is 19.3. The van der Waals surface area contributed by atoms with Gasteiger partial charge in [0.25, 0.3) is 0 Å². The highest BCUT2D eigenvalue weighted by Gasteiger charge is 2.27. The molecule has 2 aromatic heterocycles. The molecule has 0 saturated carbocycles. The lowest BCUT2D eigenvalue weighted by Gasteiger charge is -2.33. The largest absolute Gasteiger partial charge is 0.444 e. The van der Waals surface area contributed by atoms with Gasteiger partial charge in [0.1, 0.15) is 5.60 Å². The van der Waals surface area contributed by atoms with Crippen LogP contribution in [-0.4, -0.2) is 57.5 Å². The van der Waals surface area contributed by atoms with E-state index in [1.54, 1.807) is 17.3 Å². The third-order valence-corrected chi connectivity index (χ3v) is 4.17. The normalized spacial score (nSPS) is 15.7. The number of ether oxygens (including phenoxy) is 2. The van der Waals surface area contributed by atoms with Gasteiger partial charge in [0, 0.05) is 31.0 Å². The molecular weight excluding hydrogens is 348 g/mol. The third kappa shape index (κ3) is 5.75. The van der Waals surface area contributed by atoms with E-state index in [1.165, 1.54) is 0 Å². The lowest BCUT2D eigenvalue weighted by atomic mass is 10.1. The second-order valence-corrected chi connectivity index (χ2v) is 7.54. The third-order valence-electron chi connectivity index (χ3n) is 4.17. The molecule has 146 valence electrons. The molecular formula is C19H26N4O4. The molecule has 0 radical (unpaired) electrons. The molecule has 0 aromatic carbocycles. The summed E-state index contributed by atoms with van der Waals surface area (Å²) >= 11 is 0. The van der Waals surface area contributed by atoms with Crippen LogP contribution in [0.25, 0.3) is 11.4 Å². The van der Waals surface area contributed by atoms with Crippen molar-refractivity contribution < 1.29 is 18.8 Å². The van der Waals surface area contributed by atoms with E-state index < -0.39 is 5.60 Å². The van der Waals surface area contributed by atoms with Crippen molar-refractivity contribution in [2.45, 2.75) is 51.7 Å². The maximum atomic E-state index is 12.1. The monoisotopic (exact) mass is 374 g/mol. The summed E-state index contributed by atoms with van der Waals surface area (Å²) in [6.07, 6.45) is 5.42. The number of rotatable bonds is 5. The van der Waals surface area contributed by atoms with Gasteiger partial charge in [-0.05, 0) is 45.7 Å². The van der Waals surface area contributed by atoms with E-state index in [2.05, 4.69) is 15.1 Å². The lowest BCUT2D eigenvalue weighted by molar-refractivity contribution is -0.0114. The predicted molar refractivity (Wildman–Crippen MR) is 98.0 cm³/mol. The summed E-state index contributed by atoms with van der Waals surface area (Å²) in [6, 6.07) is 3.67. The van der Waals surface area contributed by atoms with E-state index in [1.807, 2.05) is 32.9 Å². The van der Waals surface area contributed by atoms with E-state index in [4.69, 9.17) is 14.0 Å². The molecule has 3 rings (SSSR count). The van der Waals surface area contributed by atoms with Crippen LogP contribution in [-0.2, 0) is 15.9 Å². The van der Waals surface area contributed by atoms with Crippen LogP contribution in [0.1, 0.15) is 39.5 Å². The number of amides is 1. The molecule has 3 heterocycles. The van der Waals surface area contributed by atoms with Crippen molar-refractivity contribution in [1.29, 1.82) is 0 Å². The van der Waals surface area contributed by atoms with Gasteiger partial charge in [-0.1, -0.05) is 5.16 Å². The molecule has 1 fully saturated rings. The number of piperidine rings is 1. The number of likely N-dealkylation sites (tertiary alicyclic amines) is 1. The van der Waals surface area contributed by atoms with Gasteiger partial charge in [-0.2, -0.15) is 4.98 Å². The fourth-order valence-corrected chi connectivity index (χ4v) is 2.82. The number of pyridine rings is 1. The second kappa shape index (κ2) is 8.47. The van der Waals surface area contributed by atoms with Crippen LogP contribution in [0.5, 0.6) is 0 Å². The van der Waals surface area contributed by atoms with Crippen LogP contribution in [0, 0.1) is 0 Å². The predicted octanol–water partition coefficient (Wildman–Crippen LogP) is 3.09. The van der Waals surface area contributed by atoms with Crippen LogP contribution in [0.15, 0.2) is 29.0 Å². The number of hydrogen-bond acceptors (Lipinski definition) is 7. The molecule has 1 aliphatic heterocycles. The summed E-state index contributed by atoms with van der Waals surface area (Å²) in [6.45, 7) is 7.42. The maximum Gasteiger partial charge on any atom is 0.410 e. The van der Waals surface area contributed by atoms with Gasteiger partial charge in [0.15, 0.2) is 0 Å². The molecule has 0 bridgehead atoms. The van der Waals surface area contributed by atoms with Crippen LogP contribution in [0.2, 0.25) is 0 Å². The van der Waals surface area contributed by atoms with Crippen molar-refractivity contribution in [1.82, 2.24) is 20.0 Å². The molecule has 8 nitrogen and oxygen atoms in total. The van der Waals surface area contributed by atoms with Crippen molar-refractivity contribution in [3.05, 3.63) is 30.4 Å². The van der Waals surface area contributed by atoms with Gasteiger partial charge < -0.3 is 18.9 Å². The smallest absolute Gasteiger partial charge is 0.410 e. The Balaban J connectivity index is 1.39. The summed E-state index contributed by atoms with van der Waals surface area (Å²) in [5.41, 5.74) is 0.402. The SMILES string of the molecule is CC(C)(C)OC(=O)N1CCC(OCCc2nc(-c3ccncc3)no2)CC1. The summed E-state index contributed by atoms with van der Waals surface area (Å²) in [7, 11) is 0. The van der Waals surface area contributed by atoms with Crippen molar-refractivity contribution >= 4 is 6.09 Å². The highest BCUT2D eigenvalue weighted by molar-refractivity contribution is 5.68. The minimum absolute atomic E-state index is 0.131. The number of carbonyl (C=O) groups excluding carboxylic acids is 1. The van der Waals surface area contributed by atoms with E-state index >= 15 is 0 Å². The Bertz CT molecular complexity index is 734. The zero-order valence-corrected chi connectivity index (χ0v) is 16.1. The van der Waals surface area contributed by atoms with Crippen LogP contribution >= 0.6 is 0 Å². The van der Waals surface area contributed by atoms with Crippen LogP contribution in [0.3, 0.4) is 0 Å². The van der Waals surface area contributed by atoms with Crippen LogP contribution in [0.4, 0.5) is 4.79 Å². The topological polar surface area (TPSA) is 90.6 Å². The molecule has 0 N–H and O–H groups in total. The highest BCUT2D eigenvalue weighted by atomic mass is 16.6. The Kier molecular flexibility index (Phi) is 6.05. The Morgan fingerprint density at radius 1 is 1.26 bits per heavy atom. The Labute approximate surface area is 158 Å². The molecule has 8 heteroatoms. The van der Waals surface area contributed by atoms with Gasteiger partial charge >= 0.3 is 6.09 Å². The summed E-state index contributed by atoms with van der Waals surface area (Å²) in [4.78, 5) is 22.2. The first-order valence-electron chi connectivity index (χ1n) is 9.23. The molecule has 0 unspecified atom stereocenters. The van der Waals surface area contributed by atoms with Gasteiger partial charge in [-0.15, -0.1) is 0 Å². The fraction of sp³-hybridized carbons (Fsp3) is 0.579. The standard InChI is InChI=1S/C19H26N4O4/c1-19(2,3)26-18(24)23-11-6-15(7-12-23)25-13-8-16-21-17(22-27-16)14-4-9-20-10-5-14/h4-5,9-10,15H,6-8,11-13H2,1-3H3.